The molecule has 5 heteroatoms. The molecule has 0 atom stereocenters. The summed E-state index contributed by atoms with van der Waals surface area (Å²) in [6.45, 7) is 0. The molecule has 0 saturated carbocycles. The molecule has 0 bridgehead atoms. The first-order valence-electron chi connectivity index (χ1n) is 4.80. The van der Waals surface area contributed by atoms with Gasteiger partial charge in [0.1, 0.15) is 0 Å². The van der Waals surface area contributed by atoms with Gasteiger partial charge in [-0.15, -0.1) is 0 Å². The molecule has 0 radical (unpaired) electrons. The molecular weight excluding hydrogens is 270 g/mol. The number of hydrogen-bond donors (Lipinski definition) is 1. The molecule has 0 amide bonds. The van der Waals surface area contributed by atoms with Gasteiger partial charge in [0.25, 0.3) is 0 Å². The average Bonchev–Trinajstić information content (AvgIpc) is 2.55. The van der Waals surface area contributed by atoms with E-state index < -0.39 is 0 Å². The van der Waals surface area contributed by atoms with Crippen LogP contribution in [0.1, 0.15) is 0 Å². The van der Waals surface area contributed by atoms with Gasteiger partial charge in [-0.3, -0.25) is 9.55 Å². The third-order valence-corrected chi connectivity index (χ3v) is 3.18. The molecule has 0 aliphatic rings. The number of nitrogens with one attached hydrogen (secondary N) is 1. The van der Waals surface area contributed by atoms with Crippen molar-refractivity contribution in [2.24, 2.45) is 7.05 Å². The van der Waals surface area contributed by atoms with Crippen LogP contribution in [0.4, 0.5) is 0 Å². The lowest BCUT2D eigenvalue weighted by Gasteiger charge is -2.01. The smallest absolute Gasteiger partial charge is 0.304 e. The first kappa shape index (κ1) is 9.59. The van der Waals surface area contributed by atoms with Crippen LogP contribution in [-0.4, -0.2) is 14.5 Å². The Morgan fingerprint density at radius 1 is 1.44 bits per heavy atom. The summed E-state index contributed by atoms with van der Waals surface area (Å²) in [6, 6.07) is 5.83. The van der Waals surface area contributed by atoms with Gasteiger partial charge in [0, 0.05) is 16.9 Å². The molecule has 0 aliphatic heterocycles. The Morgan fingerprint density at radius 2 is 2.25 bits per heavy atom. The van der Waals surface area contributed by atoms with Gasteiger partial charge in [0.2, 0.25) is 0 Å². The summed E-state index contributed by atoms with van der Waals surface area (Å²) in [5.41, 5.74) is 2.41. The second-order valence-corrected chi connectivity index (χ2v) is 4.59. The minimum Gasteiger partial charge on any atom is -0.304 e. The van der Waals surface area contributed by atoms with Crippen LogP contribution < -0.4 is 5.69 Å². The number of rotatable bonds is 0. The SMILES string of the molecule is Cn1c(=O)[nH]c2cnc3ccc(Br)cc3c21. The van der Waals surface area contributed by atoms with Crippen molar-refractivity contribution in [3.63, 3.8) is 0 Å². The molecule has 0 unspecified atom stereocenters. The summed E-state index contributed by atoms with van der Waals surface area (Å²) >= 11 is 3.42. The summed E-state index contributed by atoms with van der Waals surface area (Å²) in [5, 5.41) is 0.965. The van der Waals surface area contributed by atoms with E-state index in [9.17, 15) is 4.79 Å². The van der Waals surface area contributed by atoms with E-state index in [2.05, 4.69) is 25.9 Å². The van der Waals surface area contributed by atoms with Gasteiger partial charge < -0.3 is 4.98 Å². The Bertz CT molecular complexity index is 757. The molecule has 2 aromatic heterocycles. The Kier molecular flexibility index (Phi) is 1.91. The van der Waals surface area contributed by atoms with E-state index in [1.807, 2.05) is 18.2 Å². The maximum absolute atomic E-state index is 11.5. The fraction of sp³-hybridized carbons (Fsp3) is 0.0909. The van der Waals surface area contributed by atoms with E-state index >= 15 is 0 Å². The van der Waals surface area contributed by atoms with Crippen LogP contribution in [0.25, 0.3) is 21.9 Å². The third-order valence-electron chi connectivity index (χ3n) is 2.68. The van der Waals surface area contributed by atoms with E-state index in [0.29, 0.717) is 0 Å². The summed E-state index contributed by atoms with van der Waals surface area (Å²) in [4.78, 5) is 18.6. The van der Waals surface area contributed by atoms with E-state index in [0.717, 1.165) is 26.4 Å². The molecule has 1 N–H and O–H groups in total. The van der Waals surface area contributed by atoms with Crippen LogP contribution in [-0.2, 0) is 7.05 Å². The van der Waals surface area contributed by atoms with Gasteiger partial charge in [-0.25, -0.2) is 4.79 Å². The van der Waals surface area contributed by atoms with Crippen LogP contribution >= 0.6 is 15.9 Å². The fourth-order valence-corrected chi connectivity index (χ4v) is 2.27. The van der Waals surface area contributed by atoms with Gasteiger partial charge >= 0.3 is 5.69 Å². The number of fused-ring (bicyclic) bond motifs is 3. The van der Waals surface area contributed by atoms with Crippen molar-refractivity contribution >= 4 is 37.9 Å². The number of imidazole rings is 1. The number of nitrogens with zero attached hydrogens (tertiary/aromatic N) is 2. The molecule has 0 spiro atoms. The average molecular weight is 278 g/mol. The van der Waals surface area contributed by atoms with Gasteiger partial charge in [-0.2, -0.15) is 0 Å². The monoisotopic (exact) mass is 277 g/mol. The summed E-state index contributed by atoms with van der Waals surface area (Å²) in [5.74, 6) is 0. The summed E-state index contributed by atoms with van der Waals surface area (Å²) in [6.07, 6.45) is 1.69. The van der Waals surface area contributed by atoms with Crippen LogP contribution in [0, 0.1) is 0 Å². The highest BCUT2D eigenvalue weighted by Gasteiger charge is 2.08. The Hall–Kier alpha value is -1.62. The van der Waals surface area contributed by atoms with Crippen LogP contribution in [0.15, 0.2) is 33.7 Å². The third kappa shape index (κ3) is 1.21. The quantitative estimate of drug-likeness (QED) is 0.685. The van der Waals surface area contributed by atoms with Crippen LogP contribution in [0.3, 0.4) is 0 Å². The zero-order valence-electron chi connectivity index (χ0n) is 8.49. The number of aryl methyl sites for hydroxylation is 1. The number of pyridine rings is 1. The van der Waals surface area contributed by atoms with Crippen molar-refractivity contribution in [1.82, 2.24) is 14.5 Å². The highest BCUT2D eigenvalue weighted by atomic mass is 79.9. The van der Waals surface area contributed by atoms with Crippen LogP contribution in [0.2, 0.25) is 0 Å². The minimum absolute atomic E-state index is 0.121. The molecule has 3 aromatic rings. The largest absolute Gasteiger partial charge is 0.326 e. The standard InChI is InChI=1S/C11H8BrN3O/c1-15-10-7-4-6(12)2-3-8(7)13-5-9(10)14-11(15)16/h2-5H,1H3,(H,14,16). The maximum atomic E-state index is 11.5. The molecule has 1 aromatic carbocycles. The predicted octanol–water partition coefficient (Wildman–Crippen LogP) is 2.18. The van der Waals surface area contributed by atoms with Gasteiger partial charge in [-0.05, 0) is 18.2 Å². The zero-order valence-corrected chi connectivity index (χ0v) is 10.1. The van der Waals surface area contributed by atoms with Crippen molar-refractivity contribution < 1.29 is 0 Å². The molecule has 0 fully saturated rings. The lowest BCUT2D eigenvalue weighted by atomic mass is 10.2. The number of aromatic nitrogens is 3. The van der Waals surface area contributed by atoms with E-state index in [-0.39, 0.29) is 5.69 Å². The molecule has 0 aliphatic carbocycles. The first-order chi connectivity index (χ1) is 7.66. The van der Waals surface area contributed by atoms with Crippen molar-refractivity contribution in [3.8, 4) is 0 Å². The number of hydrogen-bond acceptors (Lipinski definition) is 2. The molecule has 0 saturated heterocycles. The fourth-order valence-electron chi connectivity index (χ4n) is 1.90. The minimum atomic E-state index is -0.121. The van der Waals surface area contributed by atoms with Gasteiger partial charge in [0.15, 0.2) is 0 Å². The Balaban J connectivity index is 2.66. The van der Waals surface area contributed by atoms with E-state index in [1.165, 1.54) is 0 Å². The van der Waals surface area contributed by atoms with Gasteiger partial charge in [0.05, 0.1) is 22.7 Å². The number of benzene rings is 1. The second kappa shape index (κ2) is 3.18. The molecular formula is C11H8BrN3O. The molecule has 3 rings (SSSR count). The maximum Gasteiger partial charge on any atom is 0.326 e. The molecule has 4 nitrogen and oxygen atoms in total. The Labute approximate surface area is 99.0 Å². The van der Waals surface area contributed by atoms with Crippen molar-refractivity contribution in [3.05, 3.63) is 39.4 Å². The first-order valence-corrected chi connectivity index (χ1v) is 5.59. The van der Waals surface area contributed by atoms with E-state index in [1.54, 1.807) is 17.8 Å². The summed E-state index contributed by atoms with van der Waals surface area (Å²) in [7, 11) is 1.75. The normalized spacial score (nSPS) is 11.4. The lowest BCUT2D eigenvalue weighted by Crippen LogP contribution is -2.11. The highest BCUT2D eigenvalue weighted by molar-refractivity contribution is 9.10. The number of halogens is 1. The molecule has 80 valence electrons. The molecule has 16 heavy (non-hydrogen) atoms. The van der Waals surface area contributed by atoms with Crippen LogP contribution in [0.5, 0.6) is 0 Å². The Morgan fingerprint density at radius 3 is 3.06 bits per heavy atom. The lowest BCUT2D eigenvalue weighted by molar-refractivity contribution is 0.894. The highest BCUT2D eigenvalue weighted by Crippen LogP contribution is 2.24. The zero-order chi connectivity index (χ0) is 11.3. The predicted molar refractivity (Wildman–Crippen MR) is 66.5 cm³/mol. The van der Waals surface area contributed by atoms with E-state index in [4.69, 9.17) is 0 Å². The molecule has 2 heterocycles. The number of H-pyrrole nitrogens is 1. The van der Waals surface area contributed by atoms with Gasteiger partial charge in [-0.1, -0.05) is 15.9 Å². The topological polar surface area (TPSA) is 50.7 Å². The van der Waals surface area contributed by atoms with Crippen molar-refractivity contribution in [2.75, 3.05) is 0 Å². The summed E-state index contributed by atoms with van der Waals surface area (Å²) < 4.78 is 2.58. The number of aromatic amines is 1. The van der Waals surface area contributed by atoms with Crippen molar-refractivity contribution in [1.29, 1.82) is 0 Å². The van der Waals surface area contributed by atoms with Crippen molar-refractivity contribution in [2.45, 2.75) is 0 Å². The second-order valence-electron chi connectivity index (χ2n) is 3.67.